The van der Waals surface area contributed by atoms with Gasteiger partial charge in [-0.3, -0.25) is 9.20 Å². The quantitative estimate of drug-likeness (QED) is 0.301. The third-order valence-electron chi connectivity index (χ3n) is 4.78. The van der Waals surface area contributed by atoms with E-state index in [-0.39, 0.29) is 5.91 Å². The highest BCUT2D eigenvalue weighted by Gasteiger charge is 2.21. The number of hydrogen-bond donors (Lipinski definition) is 0. The number of imidazole rings is 1. The lowest BCUT2D eigenvalue weighted by molar-refractivity contribution is -0.129. The molecule has 0 aliphatic heterocycles. The topological polar surface area (TPSA) is 37.6 Å². The van der Waals surface area contributed by atoms with Crippen LogP contribution in [0.5, 0.6) is 0 Å². The Balaban J connectivity index is 1.53. The van der Waals surface area contributed by atoms with Gasteiger partial charge in [0.2, 0.25) is 0 Å². The van der Waals surface area contributed by atoms with Gasteiger partial charge in [-0.1, -0.05) is 77.3 Å². The molecule has 4 rings (SSSR count). The number of hydrogen-bond acceptors (Lipinski definition) is 3. The van der Waals surface area contributed by atoms with Crippen LogP contribution in [0, 0.1) is 0 Å². The normalized spacial score (nSPS) is 11.3. The summed E-state index contributed by atoms with van der Waals surface area (Å²) in [5, 5.41) is 2.76. The number of carbonyl (C=O) groups is 1. The van der Waals surface area contributed by atoms with Crippen LogP contribution in [0.2, 0.25) is 5.02 Å². The molecular formula is C22H18Cl3N3OS. The first-order valence-electron chi connectivity index (χ1n) is 9.33. The van der Waals surface area contributed by atoms with Gasteiger partial charge in [0.25, 0.3) is 5.91 Å². The average Bonchev–Trinajstić information content (AvgIpc) is 3.33. The number of aromatic nitrogens is 2. The van der Waals surface area contributed by atoms with E-state index in [9.17, 15) is 4.79 Å². The molecule has 2 aromatic carbocycles. The van der Waals surface area contributed by atoms with E-state index in [4.69, 9.17) is 39.8 Å². The van der Waals surface area contributed by atoms with Gasteiger partial charge in [-0.2, -0.15) is 0 Å². The predicted octanol–water partition coefficient (Wildman–Crippen LogP) is 6.09. The summed E-state index contributed by atoms with van der Waals surface area (Å²) in [6.07, 6.45) is 2.68. The molecule has 0 atom stereocenters. The van der Waals surface area contributed by atoms with Gasteiger partial charge >= 0.3 is 0 Å². The highest BCUT2D eigenvalue weighted by atomic mass is 35.5. The number of thiazole rings is 1. The highest BCUT2D eigenvalue weighted by molar-refractivity contribution is 7.15. The Labute approximate surface area is 193 Å². The summed E-state index contributed by atoms with van der Waals surface area (Å²) < 4.78 is 2.07. The van der Waals surface area contributed by atoms with E-state index in [1.165, 1.54) is 0 Å². The number of carbonyl (C=O) groups excluding carboxylic acids is 1. The molecule has 154 valence electrons. The maximum Gasteiger partial charge on any atom is 0.256 e. The fourth-order valence-corrected chi connectivity index (χ4v) is 4.54. The van der Waals surface area contributed by atoms with Crippen molar-refractivity contribution in [3.05, 3.63) is 82.5 Å². The summed E-state index contributed by atoms with van der Waals surface area (Å²) in [4.78, 5) is 18.7. The van der Waals surface area contributed by atoms with Gasteiger partial charge in [0.15, 0.2) is 9.80 Å². The maximum absolute atomic E-state index is 12.5. The molecule has 0 spiro atoms. The molecule has 2 heterocycles. The lowest BCUT2D eigenvalue weighted by Crippen LogP contribution is -2.36. The second-order valence-corrected chi connectivity index (χ2v) is 9.18. The number of halogens is 3. The Morgan fingerprint density at radius 1 is 1.10 bits per heavy atom. The molecule has 0 aliphatic carbocycles. The first-order chi connectivity index (χ1) is 14.5. The Kier molecular flexibility index (Phi) is 6.64. The molecule has 0 N–H and O–H groups in total. The molecule has 1 amide bonds. The van der Waals surface area contributed by atoms with Gasteiger partial charge in [0.05, 0.1) is 5.69 Å². The predicted molar refractivity (Wildman–Crippen MR) is 125 cm³/mol. The Morgan fingerprint density at radius 3 is 2.53 bits per heavy atom. The van der Waals surface area contributed by atoms with Crippen molar-refractivity contribution in [2.24, 2.45) is 0 Å². The summed E-state index contributed by atoms with van der Waals surface area (Å²) in [7, 11) is 0. The van der Waals surface area contributed by atoms with Crippen LogP contribution in [0.4, 0.5) is 0 Å². The third-order valence-corrected chi connectivity index (χ3v) is 6.29. The van der Waals surface area contributed by atoms with Crippen molar-refractivity contribution in [1.82, 2.24) is 14.3 Å². The van der Waals surface area contributed by atoms with Crippen LogP contribution in [0.15, 0.2) is 66.2 Å². The monoisotopic (exact) mass is 477 g/mol. The lowest BCUT2D eigenvalue weighted by atomic mass is 10.2. The van der Waals surface area contributed by atoms with Gasteiger partial charge in [-0.15, -0.1) is 11.3 Å². The molecule has 0 saturated carbocycles. The van der Waals surface area contributed by atoms with Crippen LogP contribution in [0.1, 0.15) is 11.3 Å². The highest BCUT2D eigenvalue weighted by Crippen LogP contribution is 2.25. The maximum atomic E-state index is 12.5. The Hall–Kier alpha value is -2.05. The van der Waals surface area contributed by atoms with Crippen molar-refractivity contribution < 1.29 is 4.79 Å². The number of benzene rings is 2. The summed E-state index contributed by atoms with van der Waals surface area (Å²) in [6.45, 7) is 0.965. The third kappa shape index (κ3) is 4.81. The minimum Gasteiger partial charge on any atom is -0.336 e. The second kappa shape index (κ2) is 9.40. The Morgan fingerprint density at radius 2 is 1.83 bits per heavy atom. The van der Waals surface area contributed by atoms with Crippen molar-refractivity contribution in [2.45, 2.75) is 17.8 Å². The van der Waals surface area contributed by atoms with Crippen LogP contribution >= 0.6 is 46.1 Å². The number of alkyl halides is 2. The zero-order chi connectivity index (χ0) is 21.1. The van der Waals surface area contributed by atoms with Crippen LogP contribution in [0.25, 0.3) is 16.2 Å². The van der Waals surface area contributed by atoms with E-state index < -0.39 is 4.84 Å². The molecule has 4 aromatic rings. The van der Waals surface area contributed by atoms with E-state index in [0.717, 1.165) is 27.5 Å². The van der Waals surface area contributed by atoms with Gasteiger partial charge in [0.1, 0.15) is 0 Å². The molecular weight excluding hydrogens is 461 g/mol. The van der Waals surface area contributed by atoms with E-state index in [1.54, 1.807) is 16.2 Å². The van der Waals surface area contributed by atoms with E-state index in [2.05, 4.69) is 9.78 Å². The van der Waals surface area contributed by atoms with E-state index in [1.807, 2.05) is 60.8 Å². The van der Waals surface area contributed by atoms with Crippen molar-refractivity contribution >= 4 is 57.0 Å². The molecule has 0 radical (unpaired) electrons. The second-order valence-electron chi connectivity index (χ2n) is 6.81. The first-order valence-corrected chi connectivity index (χ1v) is 11.5. The summed E-state index contributed by atoms with van der Waals surface area (Å²) in [5.41, 5.74) is 4.00. The fourth-order valence-electron chi connectivity index (χ4n) is 3.23. The minimum absolute atomic E-state index is 0.291. The van der Waals surface area contributed by atoms with Crippen LogP contribution in [0.3, 0.4) is 0 Å². The smallest absolute Gasteiger partial charge is 0.256 e. The van der Waals surface area contributed by atoms with Crippen LogP contribution < -0.4 is 0 Å². The van der Waals surface area contributed by atoms with Crippen molar-refractivity contribution in [3.8, 4) is 11.3 Å². The van der Waals surface area contributed by atoms with Gasteiger partial charge in [-0.25, -0.2) is 4.98 Å². The Bertz CT molecular complexity index is 1140. The molecule has 8 heteroatoms. The summed E-state index contributed by atoms with van der Waals surface area (Å²) >= 11 is 19.3. The van der Waals surface area contributed by atoms with E-state index >= 15 is 0 Å². The fraction of sp³-hybridized carbons (Fsp3) is 0.182. The van der Waals surface area contributed by atoms with Gasteiger partial charge < -0.3 is 4.90 Å². The zero-order valence-corrected chi connectivity index (χ0v) is 18.9. The van der Waals surface area contributed by atoms with Gasteiger partial charge in [0, 0.05) is 47.4 Å². The van der Waals surface area contributed by atoms with Crippen molar-refractivity contribution in [3.63, 3.8) is 0 Å². The molecule has 4 nitrogen and oxygen atoms in total. The molecule has 0 fully saturated rings. The van der Waals surface area contributed by atoms with E-state index in [0.29, 0.717) is 24.5 Å². The molecule has 30 heavy (non-hydrogen) atoms. The average molecular weight is 479 g/mol. The van der Waals surface area contributed by atoms with Crippen LogP contribution in [-0.4, -0.2) is 31.6 Å². The number of fused-ring (bicyclic) bond motifs is 1. The SMILES string of the molecule is O=C(C(Cl)Cl)N(CCc1csc2nc(-c3ccc(Cl)cc3)cn12)Cc1ccccc1. The zero-order valence-electron chi connectivity index (χ0n) is 15.8. The summed E-state index contributed by atoms with van der Waals surface area (Å²) in [6, 6.07) is 17.4. The van der Waals surface area contributed by atoms with Crippen molar-refractivity contribution in [2.75, 3.05) is 6.54 Å². The number of rotatable bonds is 7. The molecule has 0 unspecified atom stereocenters. The minimum atomic E-state index is -1.08. The molecule has 2 aromatic heterocycles. The molecule has 0 bridgehead atoms. The lowest BCUT2D eigenvalue weighted by Gasteiger charge is -2.23. The van der Waals surface area contributed by atoms with Crippen LogP contribution in [-0.2, 0) is 17.8 Å². The molecule has 0 aliphatic rings. The molecule has 0 saturated heterocycles. The standard InChI is InChI=1S/C22H18Cl3N3OS/c23-17-8-6-16(7-9-17)19-13-28-18(14-30-22(28)26-19)10-11-27(21(29)20(24)25)12-15-4-2-1-3-5-15/h1-9,13-14,20H,10-12H2. The first kappa shape index (κ1) is 21.2. The number of nitrogens with zero attached hydrogens (tertiary/aromatic N) is 3. The van der Waals surface area contributed by atoms with Crippen molar-refractivity contribution in [1.29, 1.82) is 0 Å². The largest absolute Gasteiger partial charge is 0.336 e. The number of amides is 1. The van der Waals surface area contributed by atoms with Gasteiger partial charge in [-0.05, 0) is 17.7 Å². The summed E-state index contributed by atoms with van der Waals surface area (Å²) in [5.74, 6) is -0.291.